The zero-order valence-electron chi connectivity index (χ0n) is 9.36. The highest BCUT2D eigenvalue weighted by molar-refractivity contribution is 9.10. The maximum atomic E-state index is 11.8. The van der Waals surface area contributed by atoms with Gasteiger partial charge in [0.15, 0.2) is 0 Å². The van der Waals surface area contributed by atoms with Gasteiger partial charge < -0.3 is 5.32 Å². The number of halogens is 2. The van der Waals surface area contributed by atoms with E-state index in [9.17, 15) is 4.79 Å². The van der Waals surface area contributed by atoms with Crippen LogP contribution in [-0.2, 0) is 6.54 Å². The fraction of sp³-hybridized carbons (Fsp3) is 0.0769. The number of rotatable bonds is 3. The van der Waals surface area contributed by atoms with E-state index < -0.39 is 0 Å². The average molecular weight is 326 g/mol. The third-order valence-corrected chi connectivity index (χ3v) is 2.97. The van der Waals surface area contributed by atoms with Crippen molar-refractivity contribution in [2.45, 2.75) is 6.54 Å². The van der Waals surface area contributed by atoms with Gasteiger partial charge in [-0.05, 0) is 45.8 Å². The first-order chi connectivity index (χ1) is 8.65. The summed E-state index contributed by atoms with van der Waals surface area (Å²) in [6.45, 7) is 0.424. The molecular weight excluding hydrogens is 316 g/mol. The van der Waals surface area contributed by atoms with Gasteiger partial charge in [-0.15, -0.1) is 0 Å². The highest BCUT2D eigenvalue weighted by Crippen LogP contribution is 2.11. The third kappa shape index (κ3) is 3.55. The summed E-state index contributed by atoms with van der Waals surface area (Å²) >= 11 is 9.09. The summed E-state index contributed by atoms with van der Waals surface area (Å²) in [6, 6.07) is 12.6. The van der Waals surface area contributed by atoms with Crippen LogP contribution >= 0.6 is 27.5 Å². The summed E-state index contributed by atoms with van der Waals surface area (Å²) in [5.74, 6) is -0.212. The van der Waals surface area contributed by atoms with E-state index in [0.29, 0.717) is 21.9 Å². The minimum atomic E-state index is -0.212. The lowest BCUT2D eigenvalue weighted by molar-refractivity contribution is 0.0946. The fourth-order valence-corrected chi connectivity index (χ4v) is 2.01. The highest BCUT2D eigenvalue weighted by Gasteiger charge is 2.06. The van der Waals surface area contributed by atoms with Crippen molar-refractivity contribution in [3.63, 3.8) is 0 Å². The van der Waals surface area contributed by atoms with Gasteiger partial charge in [0.05, 0.1) is 0 Å². The van der Waals surface area contributed by atoms with Crippen molar-refractivity contribution in [3.05, 3.63) is 63.3 Å². The van der Waals surface area contributed by atoms with Crippen LogP contribution in [0.25, 0.3) is 0 Å². The molecule has 1 amide bonds. The van der Waals surface area contributed by atoms with Gasteiger partial charge in [0.2, 0.25) is 0 Å². The molecule has 0 radical (unpaired) electrons. The lowest BCUT2D eigenvalue weighted by Crippen LogP contribution is -2.23. The van der Waals surface area contributed by atoms with Crippen molar-refractivity contribution >= 4 is 33.4 Å². The Morgan fingerprint density at radius 2 is 2.06 bits per heavy atom. The first-order valence-electron chi connectivity index (χ1n) is 5.30. The molecule has 1 aromatic heterocycles. The minimum Gasteiger partial charge on any atom is -0.347 e. The largest absolute Gasteiger partial charge is 0.347 e. The Bertz CT molecular complexity index is 574. The molecule has 2 rings (SSSR count). The SMILES string of the molecule is O=C(NCc1cccc(Cl)c1)c1cccc(Br)n1. The van der Waals surface area contributed by atoms with E-state index in [-0.39, 0.29) is 5.91 Å². The van der Waals surface area contributed by atoms with Gasteiger partial charge in [-0.3, -0.25) is 4.79 Å². The van der Waals surface area contributed by atoms with Crippen LogP contribution < -0.4 is 5.32 Å². The number of carbonyl (C=O) groups is 1. The number of nitrogens with zero attached hydrogens (tertiary/aromatic N) is 1. The van der Waals surface area contributed by atoms with E-state index in [4.69, 9.17) is 11.6 Å². The van der Waals surface area contributed by atoms with Crippen molar-refractivity contribution in [3.8, 4) is 0 Å². The molecule has 0 aliphatic rings. The molecule has 0 aliphatic heterocycles. The zero-order chi connectivity index (χ0) is 13.0. The van der Waals surface area contributed by atoms with Gasteiger partial charge in [-0.25, -0.2) is 4.98 Å². The molecule has 18 heavy (non-hydrogen) atoms. The van der Waals surface area contributed by atoms with E-state index in [2.05, 4.69) is 26.2 Å². The number of amides is 1. The number of nitrogens with one attached hydrogen (secondary N) is 1. The van der Waals surface area contributed by atoms with E-state index in [1.165, 1.54) is 0 Å². The van der Waals surface area contributed by atoms with Gasteiger partial charge in [0.25, 0.3) is 5.91 Å². The topological polar surface area (TPSA) is 42.0 Å². The number of hydrogen-bond acceptors (Lipinski definition) is 2. The first-order valence-corrected chi connectivity index (χ1v) is 6.47. The quantitative estimate of drug-likeness (QED) is 0.879. The molecule has 0 saturated heterocycles. The normalized spacial score (nSPS) is 10.1. The standard InChI is InChI=1S/C13H10BrClN2O/c14-12-6-2-5-11(17-12)13(18)16-8-9-3-1-4-10(15)7-9/h1-7H,8H2,(H,16,18). The number of aromatic nitrogens is 1. The Balaban J connectivity index is 2.00. The minimum absolute atomic E-state index is 0.212. The predicted octanol–water partition coefficient (Wildman–Crippen LogP) is 3.43. The van der Waals surface area contributed by atoms with E-state index in [0.717, 1.165) is 5.56 Å². The Morgan fingerprint density at radius 1 is 1.28 bits per heavy atom. The smallest absolute Gasteiger partial charge is 0.270 e. The first kappa shape index (κ1) is 13.1. The van der Waals surface area contributed by atoms with Crippen LogP contribution in [0, 0.1) is 0 Å². The molecule has 1 heterocycles. The monoisotopic (exact) mass is 324 g/mol. The molecule has 0 spiro atoms. The number of benzene rings is 1. The lowest BCUT2D eigenvalue weighted by atomic mass is 10.2. The second kappa shape index (κ2) is 5.98. The van der Waals surface area contributed by atoms with Crippen molar-refractivity contribution in [1.82, 2.24) is 10.3 Å². The van der Waals surface area contributed by atoms with Crippen LogP contribution in [0.5, 0.6) is 0 Å². The second-order valence-electron chi connectivity index (χ2n) is 3.66. The summed E-state index contributed by atoms with van der Waals surface area (Å²) in [6.07, 6.45) is 0. The van der Waals surface area contributed by atoms with E-state index in [1.54, 1.807) is 24.3 Å². The Labute approximate surface area is 118 Å². The van der Waals surface area contributed by atoms with Gasteiger partial charge in [0.1, 0.15) is 10.3 Å². The summed E-state index contributed by atoms with van der Waals surface area (Å²) in [7, 11) is 0. The summed E-state index contributed by atoms with van der Waals surface area (Å²) < 4.78 is 0.637. The van der Waals surface area contributed by atoms with Gasteiger partial charge in [-0.1, -0.05) is 29.8 Å². The third-order valence-electron chi connectivity index (χ3n) is 2.29. The Morgan fingerprint density at radius 3 is 2.78 bits per heavy atom. The maximum Gasteiger partial charge on any atom is 0.270 e. The van der Waals surface area contributed by atoms with Crippen LogP contribution in [0.4, 0.5) is 0 Å². The Hall–Kier alpha value is -1.39. The zero-order valence-corrected chi connectivity index (χ0v) is 11.7. The summed E-state index contributed by atoms with van der Waals surface area (Å²) in [5.41, 5.74) is 1.33. The summed E-state index contributed by atoms with van der Waals surface area (Å²) in [4.78, 5) is 15.9. The number of hydrogen-bond donors (Lipinski definition) is 1. The molecule has 0 aliphatic carbocycles. The summed E-state index contributed by atoms with van der Waals surface area (Å²) in [5, 5.41) is 3.44. The van der Waals surface area contributed by atoms with Crippen molar-refractivity contribution in [2.24, 2.45) is 0 Å². The molecule has 0 saturated carbocycles. The molecule has 5 heteroatoms. The van der Waals surface area contributed by atoms with Gasteiger partial charge in [-0.2, -0.15) is 0 Å². The van der Waals surface area contributed by atoms with E-state index >= 15 is 0 Å². The predicted molar refractivity (Wildman–Crippen MR) is 74.6 cm³/mol. The molecule has 1 aromatic carbocycles. The molecule has 0 unspecified atom stereocenters. The van der Waals surface area contributed by atoms with Gasteiger partial charge in [0, 0.05) is 11.6 Å². The molecule has 0 atom stereocenters. The van der Waals surface area contributed by atoms with Crippen molar-refractivity contribution in [1.29, 1.82) is 0 Å². The molecule has 3 nitrogen and oxygen atoms in total. The van der Waals surface area contributed by atoms with Crippen LogP contribution in [0.1, 0.15) is 16.1 Å². The second-order valence-corrected chi connectivity index (χ2v) is 4.91. The van der Waals surface area contributed by atoms with Crippen molar-refractivity contribution in [2.75, 3.05) is 0 Å². The van der Waals surface area contributed by atoms with Crippen LogP contribution in [0.15, 0.2) is 47.1 Å². The molecule has 1 N–H and O–H groups in total. The Kier molecular flexibility index (Phi) is 4.33. The maximum absolute atomic E-state index is 11.8. The number of pyridine rings is 1. The molecule has 2 aromatic rings. The van der Waals surface area contributed by atoms with E-state index in [1.807, 2.05) is 18.2 Å². The lowest BCUT2D eigenvalue weighted by Gasteiger charge is -2.05. The van der Waals surface area contributed by atoms with Gasteiger partial charge >= 0.3 is 0 Å². The molecule has 0 fully saturated rings. The fourth-order valence-electron chi connectivity index (χ4n) is 1.45. The number of carbonyl (C=O) groups excluding carboxylic acids is 1. The van der Waals surface area contributed by atoms with Crippen molar-refractivity contribution < 1.29 is 4.79 Å². The average Bonchev–Trinajstić information content (AvgIpc) is 2.36. The van der Waals surface area contributed by atoms with Crippen LogP contribution in [0.3, 0.4) is 0 Å². The van der Waals surface area contributed by atoms with Crippen LogP contribution in [0.2, 0.25) is 5.02 Å². The van der Waals surface area contributed by atoms with Crippen LogP contribution in [-0.4, -0.2) is 10.9 Å². The highest BCUT2D eigenvalue weighted by atomic mass is 79.9. The molecular formula is C13H10BrClN2O. The molecule has 92 valence electrons. The molecule has 0 bridgehead atoms.